The highest BCUT2D eigenvalue weighted by atomic mass is 16.4. The number of hydrogen-bond acceptors (Lipinski definition) is 3. The third-order valence-corrected chi connectivity index (χ3v) is 3.57. The Bertz CT molecular complexity index is 642. The van der Waals surface area contributed by atoms with Crippen molar-refractivity contribution in [2.45, 2.75) is 45.7 Å². The minimum absolute atomic E-state index is 0.0499. The molecule has 124 valence electrons. The number of carboxylic acids is 1. The van der Waals surface area contributed by atoms with E-state index in [2.05, 4.69) is 44.4 Å². The zero-order valence-electron chi connectivity index (χ0n) is 14.0. The fourth-order valence-corrected chi connectivity index (χ4v) is 2.49. The summed E-state index contributed by atoms with van der Waals surface area (Å²) in [6.45, 7) is 8.26. The van der Waals surface area contributed by atoms with E-state index in [1.165, 1.54) is 5.56 Å². The molecule has 5 nitrogen and oxygen atoms in total. The van der Waals surface area contributed by atoms with E-state index in [1.54, 1.807) is 0 Å². The first-order valence-electron chi connectivity index (χ1n) is 7.89. The molecule has 1 aromatic heterocycles. The van der Waals surface area contributed by atoms with Gasteiger partial charge in [0.2, 0.25) is 0 Å². The van der Waals surface area contributed by atoms with Crippen molar-refractivity contribution in [2.24, 2.45) is 0 Å². The molecular formula is C18H25N3O2. The van der Waals surface area contributed by atoms with Crippen molar-refractivity contribution < 1.29 is 9.90 Å². The SMILES string of the molecule is CC(C)(C)c1nn(Cc2ccccc2)cc1CNCCC(=O)O. The van der Waals surface area contributed by atoms with Crippen molar-refractivity contribution in [1.29, 1.82) is 0 Å². The third kappa shape index (κ3) is 5.21. The number of carboxylic acid groups (broad SMARTS) is 1. The van der Waals surface area contributed by atoms with Gasteiger partial charge in [-0.3, -0.25) is 9.48 Å². The summed E-state index contributed by atoms with van der Waals surface area (Å²) in [5.41, 5.74) is 3.34. The van der Waals surface area contributed by atoms with Gasteiger partial charge < -0.3 is 10.4 Å². The van der Waals surface area contributed by atoms with E-state index < -0.39 is 5.97 Å². The van der Waals surface area contributed by atoms with Gasteiger partial charge in [-0.15, -0.1) is 0 Å². The average Bonchev–Trinajstić information content (AvgIpc) is 2.87. The molecule has 0 unspecified atom stereocenters. The molecule has 2 N–H and O–H groups in total. The smallest absolute Gasteiger partial charge is 0.304 e. The fraction of sp³-hybridized carbons (Fsp3) is 0.444. The Labute approximate surface area is 137 Å². The second-order valence-electron chi connectivity index (χ2n) is 6.76. The van der Waals surface area contributed by atoms with Crippen LogP contribution in [0.5, 0.6) is 0 Å². The van der Waals surface area contributed by atoms with Gasteiger partial charge in [-0.1, -0.05) is 51.1 Å². The van der Waals surface area contributed by atoms with Crippen LogP contribution in [0.4, 0.5) is 0 Å². The van der Waals surface area contributed by atoms with Crippen LogP contribution < -0.4 is 5.32 Å². The molecule has 0 aliphatic carbocycles. The van der Waals surface area contributed by atoms with E-state index in [0.717, 1.165) is 17.8 Å². The quantitative estimate of drug-likeness (QED) is 0.771. The Morgan fingerprint density at radius 1 is 1.26 bits per heavy atom. The maximum atomic E-state index is 10.6. The fourth-order valence-electron chi connectivity index (χ4n) is 2.49. The standard InChI is InChI=1S/C18H25N3O2/c1-18(2,3)17-15(11-19-10-9-16(22)23)13-21(20-17)12-14-7-5-4-6-8-14/h4-8,13,19H,9-12H2,1-3H3,(H,22,23). The molecule has 0 atom stereocenters. The number of benzene rings is 1. The molecule has 0 amide bonds. The van der Waals surface area contributed by atoms with Gasteiger partial charge in [0.1, 0.15) is 0 Å². The summed E-state index contributed by atoms with van der Waals surface area (Å²) in [7, 11) is 0. The van der Waals surface area contributed by atoms with Crippen LogP contribution in [0.15, 0.2) is 36.5 Å². The number of carbonyl (C=O) groups is 1. The first kappa shape index (κ1) is 17.2. The summed E-state index contributed by atoms with van der Waals surface area (Å²) in [6.07, 6.45) is 2.18. The summed E-state index contributed by atoms with van der Waals surface area (Å²) < 4.78 is 1.96. The largest absolute Gasteiger partial charge is 0.481 e. The van der Waals surface area contributed by atoms with Crippen molar-refractivity contribution in [1.82, 2.24) is 15.1 Å². The van der Waals surface area contributed by atoms with E-state index >= 15 is 0 Å². The van der Waals surface area contributed by atoms with Crippen molar-refractivity contribution in [3.05, 3.63) is 53.3 Å². The van der Waals surface area contributed by atoms with Crippen LogP contribution in [0, 0.1) is 0 Å². The maximum absolute atomic E-state index is 10.6. The van der Waals surface area contributed by atoms with E-state index in [1.807, 2.05) is 22.9 Å². The van der Waals surface area contributed by atoms with Crippen LogP contribution in [-0.4, -0.2) is 27.4 Å². The second-order valence-corrected chi connectivity index (χ2v) is 6.76. The molecule has 0 aliphatic heterocycles. The predicted molar refractivity (Wildman–Crippen MR) is 90.4 cm³/mol. The Balaban J connectivity index is 2.11. The number of aromatic nitrogens is 2. The molecule has 0 saturated carbocycles. The molecule has 0 radical (unpaired) electrons. The van der Waals surface area contributed by atoms with Crippen molar-refractivity contribution in [3.63, 3.8) is 0 Å². The van der Waals surface area contributed by atoms with Crippen LogP contribution in [0.1, 0.15) is 44.0 Å². The summed E-state index contributed by atoms with van der Waals surface area (Å²) >= 11 is 0. The normalized spacial score (nSPS) is 11.6. The third-order valence-electron chi connectivity index (χ3n) is 3.57. The first-order valence-corrected chi connectivity index (χ1v) is 7.89. The molecule has 0 bridgehead atoms. The van der Waals surface area contributed by atoms with Gasteiger partial charge in [0.05, 0.1) is 18.7 Å². The zero-order chi connectivity index (χ0) is 16.9. The van der Waals surface area contributed by atoms with E-state index in [4.69, 9.17) is 10.2 Å². The Kier molecular flexibility index (Phi) is 5.55. The number of aliphatic carboxylic acids is 1. The van der Waals surface area contributed by atoms with E-state index in [9.17, 15) is 4.79 Å². The predicted octanol–water partition coefficient (Wildman–Crippen LogP) is 2.79. The number of nitrogens with one attached hydrogen (secondary N) is 1. The molecule has 2 rings (SSSR count). The average molecular weight is 315 g/mol. The summed E-state index contributed by atoms with van der Waals surface area (Å²) in [4.78, 5) is 10.6. The van der Waals surface area contributed by atoms with Crippen LogP contribution >= 0.6 is 0 Å². The molecule has 0 fully saturated rings. The van der Waals surface area contributed by atoms with E-state index in [-0.39, 0.29) is 11.8 Å². The van der Waals surface area contributed by atoms with Crippen LogP contribution in [-0.2, 0) is 23.3 Å². The molecule has 0 spiro atoms. The van der Waals surface area contributed by atoms with Crippen molar-refractivity contribution in [2.75, 3.05) is 6.54 Å². The lowest BCUT2D eigenvalue weighted by atomic mass is 9.89. The lowest BCUT2D eigenvalue weighted by molar-refractivity contribution is -0.136. The molecule has 0 aliphatic rings. The lowest BCUT2D eigenvalue weighted by Crippen LogP contribution is -2.21. The molecule has 0 saturated heterocycles. The van der Waals surface area contributed by atoms with Gasteiger partial charge in [0.15, 0.2) is 0 Å². The van der Waals surface area contributed by atoms with Crippen molar-refractivity contribution in [3.8, 4) is 0 Å². The second kappa shape index (κ2) is 7.42. The topological polar surface area (TPSA) is 67.2 Å². The summed E-state index contributed by atoms with van der Waals surface area (Å²) in [5, 5.41) is 16.6. The minimum Gasteiger partial charge on any atom is -0.481 e. The number of hydrogen-bond donors (Lipinski definition) is 2. The van der Waals surface area contributed by atoms with Gasteiger partial charge >= 0.3 is 5.97 Å². The van der Waals surface area contributed by atoms with Gasteiger partial charge in [0.25, 0.3) is 0 Å². The Morgan fingerprint density at radius 3 is 2.57 bits per heavy atom. The zero-order valence-corrected chi connectivity index (χ0v) is 14.0. The minimum atomic E-state index is -0.784. The highest BCUT2D eigenvalue weighted by molar-refractivity contribution is 5.66. The Hall–Kier alpha value is -2.14. The Morgan fingerprint density at radius 2 is 1.96 bits per heavy atom. The summed E-state index contributed by atoms with van der Waals surface area (Å²) in [5.74, 6) is -0.784. The van der Waals surface area contributed by atoms with Gasteiger partial charge in [-0.25, -0.2) is 0 Å². The molecule has 2 aromatic rings. The molecule has 23 heavy (non-hydrogen) atoms. The highest BCUT2D eigenvalue weighted by Gasteiger charge is 2.22. The van der Waals surface area contributed by atoms with Gasteiger partial charge in [-0.2, -0.15) is 5.10 Å². The van der Waals surface area contributed by atoms with Crippen molar-refractivity contribution >= 4 is 5.97 Å². The first-order chi connectivity index (χ1) is 10.9. The monoisotopic (exact) mass is 315 g/mol. The summed E-state index contributed by atoms with van der Waals surface area (Å²) in [6, 6.07) is 10.2. The number of nitrogens with zero attached hydrogens (tertiary/aromatic N) is 2. The molecule has 1 aromatic carbocycles. The van der Waals surface area contributed by atoms with Crippen LogP contribution in [0.25, 0.3) is 0 Å². The van der Waals surface area contributed by atoms with Gasteiger partial charge in [0, 0.05) is 30.3 Å². The highest BCUT2D eigenvalue weighted by Crippen LogP contribution is 2.24. The van der Waals surface area contributed by atoms with E-state index in [0.29, 0.717) is 13.1 Å². The lowest BCUT2D eigenvalue weighted by Gasteiger charge is -2.17. The molecular weight excluding hydrogens is 290 g/mol. The van der Waals surface area contributed by atoms with Gasteiger partial charge in [-0.05, 0) is 5.56 Å². The molecule has 5 heteroatoms. The van der Waals surface area contributed by atoms with Crippen LogP contribution in [0.2, 0.25) is 0 Å². The molecule has 1 heterocycles. The number of rotatable bonds is 7. The maximum Gasteiger partial charge on any atom is 0.304 e. The van der Waals surface area contributed by atoms with Crippen LogP contribution in [0.3, 0.4) is 0 Å².